The summed E-state index contributed by atoms with van der Waals surface area (Å²) in [5.74, 6) is 0. The molecule has 0 saturated carbocycles. The minimum Gasteiger partial charge on any atom is -0.355 e. The van der Waals surface area contributed by atoms with Gasteiger partial charge in [0.05, 0.1) is 0 Å². The number of anilines is 2. The first-order valence-corrected chi connectivity index (χ1v) is 7.43. The molecular weight excluding hydrogens is 254 g/mol. The zero-order valence-electron chi connectivity index (χ0n) is 11.8. The number of para-hydroxylation sites is 1. The Morgan fingerprint density at radius 3 is 2.19 bits per heavy atom. The average molecular weight is 271 g/mol. The highest BCUT2D eigenvalue weighted by Crippen LogP contribution is 2.32. The van der Waals surface area contributed by atoms with Crippen LogP contribution in [0.5, 0.6) is 0 Å². The van der Waals surface area contributed by atoms with Gasteiger partial charge in [0.2, 0.25) is 0 Å². The van der Waals surface area contributed by atoms with Crippen LogP contribution in [0.2, 0.25) is 0 Å². The van der Waals surface area contributed by atoms with E-state index in [-0.39, 0.29) is 0 Å². The van der Waals surface area contributed by atoms with Crippen molar-refractivity contribution >= 4 is 11.4 Å². The van der Waals surface area contributed by atoms with E-state index in [2.05, 4.69) is 78.1 Å². The van der Waals surface area contributed by atoms with E-state index < -0.39 is 0 Å². The van der Waals surface area contributed by atoms with Crippen LogP contribution in [0, 0.1) is 0 Å². The van der Waals surface area contributed by atoms with Crippen molar-refractivity contribution in [3.05, 3.63) is 83.9 Å². The standard InChI is InChI=1S/C20H17N/c1-2-6-15(7-3-1)17-12-13-20-18(14-17)11-10-16-8-4-5-9-19(16)21-20/h1-9,12-14,21H,10-11H2. The second-order valence-corrected chi connectivity index (χ2v) is 5.52. The molecule has 0 bridgehead atoms. The fraction of sp³-hybridized carbons (Fsp3) is 0.100. The Labute approximate surface area is 125 Å². The molecule has 1 heterocycles. The molecule has 4 rings (SSSR count). The zero-order valence-corrected chi connectivity index (χ0v) is 11.8. The SMILES string of the molecule is c1ccc(-c2ccc3c(c2)CCc2ccccc2N3)cc1. The zero-order chi connectivity index (χ0) is 14.1. The maximum absolute atomic E-state index is 3.58. The Kier molecular flexibility index (Phi) is 2.97. The van der Waals surface area contributed by atoms with Gasteiger partial charge < -0.3 is 5.32 Å². The molecular formula is C20H17N. The topological polar surface area (TPSA) is 12.0 Å². The van der Waals surface area contributed by atoms with E-state index in [9.17, 15) is 0 Å². The number of aryl methyl sites for hydroxylation is 2. The summed E-state index contributed by atoms with van der Waals surface area (Å²) in [5.41, 5.74) is 7.84. The van der Waals surface area contributed by atoms with Crippen LogP contribution in [0.4, 0.5) is 11.4 Å². The highest BCUT2D eigenvalue weighted by Gasteiger charge is 2.12. The summed E-state index contributed by atoms with van der Waals surface area (Å²) in [6.07, 6.45) is 2.18. The van der Waals surface area contributed by atoms with Crippen molar-refractivity contribution in [3.63, 3.8) is 0 Å². The molecule has 0 unspecified atom stereocenters. The van der Waals surface area contributed by atoms with E-state index in [1.807, 2.05) is 0 Å². The molecule has 3 aromatic carbocycles. The van der Waals surface area contributed by atoms with E-state index in [1.165, 1.54) is 33.6 Å². The average Bonchev–Trinajstić information content (AvgIpc) is 2.74. The van der Waals surface area contributed by atoms with Gasteiger partial charge in [0.25, 0.3) is 0 Å². The van der Waals surface area contributed by atoms with Crippen molar-refractivity contribution in [3.8, 4) is 11.1 Å². The van der Waals surface area contributed by atoms with Crippen LogP contribution in [0.1, 0.15) is 11.1 Å². The van der Waals surface area contributed by atoms with Crippen LogP contribution in [0.15, 0.2) is 72.8 Å². The molecule has 0 aromatic heterocycles. The quantitative estimate of drug-likeness (QED) is 0.641. The summed E-state index contributed by atoms with van der Waals surface area (Å²) in [5, 5.41) is 3.58. The van der Waals surface area contributed by atoms with Crippen molar-refractivity contribution < 1.29 is 0 Å². The number of nitrogens with one attached hydrogen (secondary N) is 1. The highest BCUT2D eigenvalue weighted by molar-refractivity contribution is 5.73. The van der Waals surface area contributed by atoms with E-state index in [1.54, 1.807) is 0 Å². The molecule has 21 heavy (non-hydrogen) atoms. The number of hydrogen-bond acceptors (Lipinski definition) is 1. The lowest BCUT2D eigenvalue weighted by Crippen LogP contribution is -1.93. The highest BCUT2D eigenvalue weighted by atomic mass is 14.9. The van der Waals surface area contributed by atoms with Gasteiger partial charge in [-0.15, -0.1) is 0 Å². The molecule has 0 saturated heterocycles. The third-order valence-electron chi connectivity index (χ3n) is 4.16. The first-order chi connectivity index (χ1) is 10.4. The van der Waals surface area contributed by atoms with Gasteiger partial charge >= 0.3 is 0 Å². The van der Waals surface area contributed by atoms with E-state index >= 15 is 0 Å². The second-order valence-electron chi connectivity index (χ2n) is 5.52. The normalized spacial score (nSPS) is 12.8. The number of benzene rings is 3. The predicted molar refractivity (Wildman–Crippen MR) is 89.0 cm³/mol. The molecule has 1 nitrogen and oxygen atoms in total. The molecule has 0 fully saturated rings. The molecule has 102 valence electrons. The fourth-order valence-electron chi connectivity index (χ4n) is 3.01. The summed E-state index contributed by atoms with van der Waals surface area (Å²) in [6.45, 7) is 0. The smallest absolute Gasteiger partial charge is 0.0417 e. The van der Waals surface area contributed by atoms with Crippen molar-refractivity contribution in [1.29, 1.82) is 0 Å². The maximum atomic E-state index is 3.58. The van der Waals surface area contributed by atoms with Gasteiger partial charge in [-0.3, -0.25) is 0 Å². The molecule has 3 aromatic rings. The number of fused-ring (bicyclic) bond motifs is 2. The first kappa shape index (κ1) is 12.2. The van der Waals surface area contributed by atoms with Gasteiger partial charge in [-0.25, -0.2) is 0 Å². The molecule has 1 aliphatic rings. The van der Waals surface area contributed by atoms with Crippen molar-refractivity contribution in [2.45, 2.75) is 12.8 Å². The molecule has 0 radical (unpaired) electrons. The summed E-state index contributed by atoms with van der Waals surface area (Å²) < 4.78 is 0. The molecule has 1 aliphatic heterocycles. The summed E-state index contributed by atoms with van der Waals surface area (Å²) in [4.78, 5) is 0. The lowest BCUT2D eigenvalue weighted by Gasteiger charge is -2.11. The van der Waals surface area contributed by atoms with Crippen LogP contribution in [-0.2, 0) is 12.8 Å². The minimum absolute atomic E-state index is 1.08. The Morgan fingerprint density at radius 1 is 0.571 bits per heavy atom. The Bertz CT molecular complexity index is 775. The van der Waals surface area contributed by atoms with Crippen molar-refractivity contribution in [2.75, 3.05) is 5.32 Å². The van der Waals surface area contributed by atoms with Gasteiger partial charge in [0, 0.05) is 11.4 Å². The van der Waals surface area contributed by atoms with Gasteiger partial charge in [0.15, 0.2) is 0 Å². The lowest BCUT2D eigenvalue weighted by molar-refractivity contribution is 0.978. The summed E-state index contributed by atoms with van der Waals surface area (Å²) in [7, 11) is 0. The molecule has 0 aliphatic carbocycles. The van der Waals surface area contributed by atoms with E-state index in [4.69, 9.17) is 0 Å². The minimum atomic E-state index is 1.08. The summed E-state index contributed by atoms with van der Waals surface area (Å²) in [6, 6.07) is 25.9. The third kappa shape index (κ3) is 2.31. The van der Waals surface area contributed by atoms with Crippen LogP contribution in [-0.4, -0.2) is 0 Å². The molecule has 1 heteroatoms. The number of hydrogen-bond donors (Lipinski definition) is 1. The Morgan fingerprint density at radius 2 is 1.29 bits per heavy atom. The molecule has 0 spiro atoms. The van der Waals surface area contributed by atoms with Crippen LogP contribution in [0.25, 0.3) is 11.1 Å². The van der Waals surface area contributed by atoms with Gasteiger partial charge in [-0.05, 0) is 53.3 Å². The monoisotopic (exact) mass is 271 g/mol. The number of rotatable bonds is 1. The molecule has 1 N–H and O–H groups in total. The van der Waals surface area contributed by atoms with Gasteiger partial charge in [-0.2, -0.15) is 0 Å². The molecule has 0 amide bonds. The van der Waals surface area contributed by atoms with Crippen molar-refractivity contribution in [1.82, 2.24) is 0 Å². The van der Waals surface area contributed by atoms with Crippen LogP contribution < -0.4 is 5.32 Å². The van der Waals surface area contributed by atoms with E-state index in [0.717, 1.165) is 12.8 Å². The fourth-order valence-corrected chi connectivity index (χ4v) is 3.01. The largest absolute Gasteiger partial charge is 0.355 e. The van der Waals surface area contributed by atoms with Crippen LogP contribution in [0.3, 0.4) is 0 Å². The maximum Gasteiger partial charge on any atom is 0.0417 e. The van der Waals surface area contributed by atoms with E-state index in [0.29, 0.717) is 0 Å². The van der Waals surface area contributed by atoms with Crippen LogP contribution >= 0.6 is 0 Å². The Balaban J connectivity index is 1.75. The van der Waals surface area contributed by atoms with Gasteiger partial charge in [-0.1, -0.05) is 54.6 Å². The van der Waals surface area contributed by atoms with Crippen molar-refractivity contribution in [2.24, 2.45) is 0 Å². The summed E-state index contributed by atoms with van der Waals surface area (Å²) >= 11 is 0. The lowest BCUT2D eigenvalue weighted by atomic mass is 9.99. The third-order valence-corrected chi connectivity index (χ3v) is 4.16. The molecule has 0 atom stereocenters. The second kappa shape index (κ2) is 5.10. The first-order valence-electron chi connectivity index (χ1n) is 7.43. The Hall–Kier alpha value is -2.54. The van der Waals surface area contributed by atoms with Gasteiger partial charge in [0.1, 0.15) is 0 Å². The predicted octanol–water partition coefficient (Wildman–Crippen LogP) is 5.20.